The second-order valence-electron chi connectivity index (χ2n) is 11.5. The molecule has 1 heterocycles. The van der Waals surface area contributed by atoms with Gasteiger partial charge in [0.1, 0.15) is 5.75 Å². The monoisotopic (exact) mass is 585 g/mol. The number of benzene rings is 4. The van der Waals surface area contributed by atoms with Crippen molar-refractivity contribution in [3.63, 3.8) is 0 Å². The van der Waals surface area contributed by atoms with E-state index in [4.69, 9.17) is 4.74 Å². The van der Waals surface area contributed by atoms with Crippen molar-refractivity contribution in [3.8, 4) is 5.75 Å². The lowest BCUT2D eigenvalue weighted by Gasteiger charge is -2.28. The highest BCUT2D eigenvalue weighted by atomic mass is 32.2. The Bertz CT molecular complexity index is 1630. The highest BCUT2D eigenvalue weighted by Crippen LogP contribution is 2.34. The highest BCUT2D eigenvalue weighted by molar-refractivity contribution is 7.89. The van der Waals surface area contributed by atoms with Crippen molar-refractivity contribution in [2.45, 2.75) is 50.2 Å². The van der Waals surface area contributed by atoms with Gasteiger partial charge in [-0.2, -0.15) is 0 Å². The fourth-order valence-electron chi connectivity index (χ4n) is 5.71. The lowest BCUT2D eigenvalue weighted by atomic mass is 9.97. The molecule has 0 fully saturated rings. The number of amides is 1. The van der Waals surface area contributed by atoms with Gasteiger partial charge in [-0.05, 0) is 41.6 Å². The summed E-state index contributed by atoms with van der Waals surface area (Å²) in [6.07, 6.45) is 0.599. The second kappa shape index (κ2) is 13.1. The molecule has 0 radical (unpaired) electrons. The van der Waals surface area contributed by atoms with Crippen LogP contribution in [-0.4, -0.2) is 39.4 Å². The predicted molar refractivity (Wildman–Crippen MR) is 167 cm³/mol. The first-order valence-corrected chi connectivity index (χ1v) is 16.0. The third-order valence-corrected chi connectivity index (χ3v) is 9.04. The Morgan fingerprint density at radius 2 is 1.71 bits per heavy atom. The van der Waals surface area contributed by atoms with Crippen molar-refractivity contribution in [2.24, 2.45) is 5.92 Å². The van der Waals surface area contributed by atoms with Crippen molar-refractivity contribution in [3.05, 3.63) is 108 Å². The standard InChI is InChI=1S/C34H39N3O4S/c1-24(2)22-37(3)23-25-16-17-29-30(18-19-41-32(29)20-25)35-34(38)21-31(27-11-5-4-6-12-27)36-42(39,40)33-15-9-13-26-10-7-8-14-28(26)33/h4-17,20,24,30-31,36H,18-19,21-23H2,1-3H3,(H,35,38). The molecule has 2 unspecified atom stereocenters. The van der Waals surface area contributed by atoms with E-state index in [1.165, 1.54) is 0 Å². The number of sulfonamides is 1. The van der Waals surface area contributed by atoms with Crippen LogP contribution in [0.3, 0.4) is 0 Å². The van der Waals surface area contributed by atoms with Crippen molar-refractivity contribution in [1.29, 1.82) is 0 Å². The molecule has 1 amide bonds. The predicted octanol–water partition coefficient (Wildman–Crippen LogP) is 5.98. The van der Waals surface area contributed by atoms with E-state index in [9.17, 15) is 13.2 Å². The lowest BCUT2D eigenvalue weighted by molar-refractivity contribution is -0.122. The van der Waals surface area contributed by atoms with Gasteiger partial charge in [-0.1, -0.05) is 92.7 Å². The summed E-state index contributed by atoms with van der Waals surface area (Å²) in [6, 6.07) is 27.1. The summed E-state index contributed by atoms with van der Waals surface area (Å²) in [5.74, 6) is 1.14. The van der Waals surface area contributed by atoms with E-state index in [-0.39, 0.29) is 23.3 Å². The number of nitrogens with one attached hydrogen (secondary N) is 2. The molecule has 0 saturated carbocycles. The van der Waals surface area contributed by atoms with E-state index in [0.717, 1.165) is 40.9 Å². The van der Waals surface area contributed by atoms with E-state index in [1.807, 2.05) is 60.7 Å². The number of nitrogens with zero attached hydrogens (tertiary/aromatic N) is 1. The van der Waals surface area contributed by atoms with E-state index in [1.54, 1.807) is 18.2 Å². The third kappa shape index (κ3) is 7.18. The summed E-state index contributed by atoms with van der Waals surface area (Å²) >= 11 is 0. The Labute approximate surface area is 248 Å². The lowest BCUT2D eigenvalue weighted by Crippen LogP contribution is -2.36. The first kappa shape index (κ1) is 29.8. The van der Waals surface area contributed by atoms with Crippen LogP contribution in [-0.2, 0) is 21.4 Å². The molecule has 4 aromatic rings. The van der Waals surface area contributed by atoms with Gasteiger partial charge in [0.2, 0.25) is 15.9 Å². The molecule has 4 aromatic carbocycles. The Morgan fingerprint density at radius 1 is 0.976 bits per heavy atom. The maximum absolute atomic E-state index is 13.7. The summed E-state index contributed by atoms with van der Waals surface area (Å²) in [7, 11) is -1.83. The molecule has 220 valence electrons. The largest absolute Gasteiger partial charge is 0.493 e. The summed E-state index contributed by atoms with van der Waals surface area (Å²) in [5.41, 5.74) is 2.83. The van der Waals surface area contributed by atoms with Crippen LogP contribution in [0.15, 0.2) is 95.9 Å². The molecule has 0 saturated heterocycles. The van der Waals surface area contributed by atoms with E-state index < -0.39 is 16.1 Å². The molecule has 5 rings (SSSR count). The molecule has 42 heavy (non-hydrogen) atoms. The van der Waals surface area contributed by atoms with Crippen molar-refractivity contribution < 1.29 is 17.9 Å². The molecular weight excluding hydrogens is 546 g/mol. The molecule has 0 bridgehead atoms. The minimum absolute atomic E-state index is 0.0429. The van der Waals surface area contributed by atoms with Crippen LogP contribution in [0.5, 0.6) is 5.75 Å². The summed E-state index contributed by atoms with van der Waals surface area (Å²) < 4.78 is 36.1. The van der Waals surface area contributed by atoms with Gasteiger partial charge in [-0.15, -0.1) is 0 Å². The molecule has 0 aromatic heterocycles. The van der Waals surface area contributed by atoms with Gasteiger partial charge < -0.3 is 15.0 Å². The quantitative estimate of drug-likeness (QED) is 0.226. The molecule has 1 aliphatic heterocycles. The maximum atomic E-state index is 13.7. The van der Waals surface area contributed by atoms with Crippen LogP contribution < -0.4 is 14.8 Å². The number of rotatable bonds is 11. The van der Waals surface area contributed by atoms with Crippen LogP contribution in [0, 0.1) is 5.92 Å². The van der Waals surface area contributed by atoms with Gasteiger partial charge >= 0.3 is 0 Å². The Kier molecular flexibility index (Phi) is 9.26. The van der Waals surface area contributed by atoms with Gasteiger partial charge in [-0.25, -0.2) is 13.1 Å². The summed E-state index contributed by atoms with van der Waals surface area (Å²) in [4.78, 5) is 15.9. The normalized spacial score (nSPS) is 15.8. The molecule has 1 aliphatic rings. The highest BCUT2D eigenvalue weighted by Gasteiger charge is 2.28. The molecule has 2 atom stereocenters. The van der Waals surface area contributed by atoms with Gasteiger partial charge in [0, 0.05) is 36.9 Å². The fourth-order valence-corrected chi connectivity index (χ4v) is 7.17. The van der Waals surface area contributed by atoms with E-state index in [2.05, 4.69) is 48.0 Å². The number of hydrogen-bond acceptors (Lipinski definition) is 5. The van der Waals surface area contributed by atoms with Crippen LogP contribution >= 0.6 is 0 Å². The van der Waals surface area contributed by atoms with E-state index >= 15 is 0 Å². The molecular formula is C34H39N3O4S. The zero-order valence-corrected chi connectivity index (χ0v) is 25.2. The number of ether oxygens (including phenoxy) is 1. The Hall–Kier alpha value is -3.72. The first-order valence-electron chi connectivity index (χ1n) is 14.5. The number of fused-ring (bicyclic) bond motifs is 2. The second-order valence-corrected chi connectivity index (χ2v) is 13.2. The number of carbonyl (C=O) groups is 1. The SMILES string of the molecule is CC(C)CN(C)Cc1ccc2c(c1)OCCC2NC(=O)CC(NS(=O)(=O)c1cccc2ccccc12)c1ccccc1. The van der Waals surface area contributed by atoms with Gasteiger partial charge in [0.25, 0.3) is 0 Å². The molecule has 7 nitrogen and oxygen atoms in total. The molecule has 0 aliphatic carbocycles. The Morgan fingerprint density at radius 3 is 2.50 bits per heavy atom. The topological polar surface area (TPSA) is 87.7 Å². The molecule has 8 heteroatoms. The minimum atomic E-state index is -3.94. The molecule has 2 N–H and O–H groups in total. The Balaban J connectivity index is 1.33. The summed E-state index contributed by atoms with van der Waals surface area (Å²) in [6.45, 7) is 6.73. The zero-order chi connectivity index (χ0) is 29.7. The van der Waals surface area contributed by atoms with Crippen molar-refractivity contribution >= 4 is 26.7 Å². The van der Waals surface area contributed by atoms with Crippen LogP contribution in [0.2, 0.25) is 0 Å². The molecule has 0 spiro atoms. The van der Waals surface area contributed by atoms with Crippen LogP contribution in [0.1, 0.15) is 55.5 Å². The zero-order valence-electron chi connectivity index (χ0n) is 24.4. The van der Waals surface area contributed by atoms with Gasteiger partial charge in [0.15, 0.2) is 0 Å². The third-order valence-electron chi connectivity index (χ3n) is 7.51. The number of carbonyl (C=O) groups excluding carboxylic acids is 1. The van der Waals surface area contributed by atoms with Gasteiger partial charge in [-0.3, -0.25) is 4.79 Å². The van der Waals surface area contributed by atoms with Gasteiger partial charge in [0.05, 0.1) is 23.6 Å². The summed E-state index contributed by atoms with van der Waals surface area (Å²) in [5, 5.41) is 4.62. The smallest absolute Gasteiger partial charge is 0.241 e. The van der Waals surface area contributed by atoms with Crippen molar-refractivity contribution in [1.82, 2.24) is 14.9 Å². The minimum Gasteiger partial charge on any atom is -0.493 e. The average Bonchev–Trinajstić information content (AvgIpc) is 2.96. The number of hydrogen-bond donors (Lipinski definition) is 2. The van der Waals surface area contributed by atoms with Crippen molar-refractivity contribution in [2.75, 3.05) is 20.2 Å². The van der Waals surface area contributed by atoms with Crippen LogP contribution in [0.4, 0.5) is 0 Å². The fraction of sp³-hybridized carbons (Fsp3) is 0.324. The first-order chi connectivity index (χ1) is 20.2. The van der Waals surface area contributed by atoms with E-state index in [0.29, 0.717) is 24.3 Å². The average molecular weight is 586 g/mol. The van der Waals surface area contributed by atoms with Crippen LogP contribution in [0.25, 0.3) is 10.8 Å². The maximum Gasteiger partial charge on any atom is 0.241 e.